The van der Waals surface area contributed by atoms with E-state index in [1.807, 2.05) is 18.2 Å². The van der Waals surface area contributed by atoms with Gasteiger partial charge in [-0.05, 0) is 30.5 Å². The zero-order valence-corrected chi connectivity index (χ0v) is 15.8. The SMILES string of the molecule is C1CCOC1.CN1C(=O)C2(COc3cc4c(cc32)CCO4)c2cccc(F)c21. The van der Waals surface area contributed by atoms with Crippen LogP contribution in [0.2, 0.25) is 0 Å². The number of nitrogens with zero attached hydrogens (tertiary/aromatic N) is 1. The van der Waals surface area contributed by atoms with Gasteiger partial charge in [0.1, 0.15) is 29.3 Å². The predicted octanol–water partition coefficient (Wildman–Crippen LogP) is 3.21. The van der Waals surface area contributed by atoms with Crippen LogP contribution in [0.4, 0.5) is 10.1 Å². The number of rotatable bonds is 0. The Kier molecular flexibility index (Phi) is 4.05. The first-order valence-electron chi connectivity index (χ1n) is 9.71. The van der Waals surface area contributed by atoms with Crippen molar-refractivity contribution in [3.05, 3.63) is 52.8 Å². The number of fused-ring (bicyclic) bond motifs is 5. The highest BCUT2D eigenvalue weighted by Gasteiger charge is 2.57. The molecule has 1 spiro atoms. The summed E-state index contributed by atoms with van der Waals surface area (Å²) in [7, 11) is 1.62. The first-order chi connectivity index (χ1) is 13.6. The van der Waals surface area contributed by atoms with Crippen molar-refractivity contribution in [2.75, 3.05) is 38.4 Å². The van der Waals surface area contributed by atoms with Crippen molar-refractivity contribution in [3.63, 3.8) is 0 Å². The minimum atomic E-state index is -0.945. The van der Waals surface area contributed by atoms with Crippen molar-refractivity contribution in [3.8, 4) is 11.5 Å². The largest absolute Gasteiger partial charge is 0.493 e. The molecule has 1 saturated heterocycles. The number of likely N-dealkylation sites (N-methyl/N-ethyl adjacent to an activating group) is 1. The highest BCUT2D eigenvalue weighted by Crippen LogP contribution is 2.54. The molecule has 1 atom stereocenters. The summed E-state index contributed by atoms with van der Waals surface area (Å²) >= 11 is 0. The van der Waals surface area contributed by atoms with E-state index in [0.717, 1.165) is 36.5 Å². The number of carbonyl (C=O) groups excluding carboxylic acids is 1. The number of anilines is 1. The van der Waals surface area contributed by atoms with Gasteiger partial charge in [0.15, 0.2) is 0 Å². The Hall–Kier alpha value is -2.60. The number of ether oxygens (including phenoxy) is 3. The fourth-order valence-electron chi connectivity index (χ4n) is 4.54. The molecule has 0 radical (unpaired) electrons. The summed E-state index contributed by atoms with van der Waals surface area (Å²) in [5.41, 5.74) is 1.99. The van der Waals surface area contributed by atoms with E-state index in [-0.39, 0.29) is 18.3 Å². The second-order valence-corrected chi connectivity index (χ2v) is 7.57. The Morgan fingerprint density at radius 2 is 1.86 bits per heavy atom. The van der Waals surface area contributed by atoms with Crippen LogP contribution in [0.3, 0.4) is 0 Å². The number of benzene rings is 2. The monoisotopic (exact) mass is 383 g/mol. The van der Waals surface area contributed by atoms with Crippen molar-refractivity contribution in [1.29, 1.82) is 0 Å². The predicted molar refractivity (Wildman–Crippen MR) is 102 cm³/mol. The van der Waals surface area contributed by atoms with Crippen LogP contribution in [0.25, 0.3) is 0 Å². The van der Waals surface area contributed by atoms with E-state index >= 15 is 0 Å². The van der Waals surface area contributed by atoms with Crippen molar-refractivity contribution in [2.45, 2.75) is 24.7 Å². The lowest BCUT2D eigenvalue weighted by Gasteiger charge is -2.21. The minimum absolute atomic E-state index is 0.143. The summed E-state index contributed by atoms with van der Waals surface area (Å²) in [5.74, 6) is 0.951. The normalized spacial score (nSPS) is 23.6. The van der Waals surface area contributed by atoms with Crippen LogP contribution < -0.4 is 14.4 Å². The molecule has 4 aliphatic heterocycles. The number of carbonyl (C=O) groups is 1. The molecule has 146 valence electrons. The molecule has 6 heteroatoms. The summed E-state index contributed by atoms with van der Waals surface area (Å²) in [6, 6.07) is 8.71. The van der Waals surface area contributed by atoms with Gasteiger partial charge in [0.05, 0.1) is 12.3 Å². The average molecular weight is 383 g/mol. The molecule has 0 aliphatic carbocycles. The van der Waals surface area contributed by atoms with Crippen LogP contribution in [-0.2, 0) is 21.4 Å². The second kappa shape index (κ2) is 6.48. The van der Waals surface area contributed by atoms with Gasteiger partial charge in [-0.3, -0.25) is 4.79 Å². The van der Waals surface area contributed by atoms with E-state index in [0.29, 0.717) is 23.6 Å². The lowest BCUT2D eigenvalue weighted by Crippen LogP contribution is -2.41. The van der Waals surface area contributed by atoms with Gasteiger partial charge >= 0.3 is 0 Å². The Bertz CT molecular complexity index is 948. The zero-order chi connectivity index (χ0) is 19.3. The Morgan fingerprint density at radius 1 is 1.04 bits per heavy atom. The van der Waals surface area contributed by atoms with Gasteiger partial charge in [-0.25, -0.2) is 4.39 Å². The van der Waals surface area contributed by atoms with E-state index < -0.39 is 5.41 Å². The van der Waals surface area contributed by atoms with Crippen LogP contribution in [-0.4, -0.2) is 39.4 Å². The summed E-state index contributed by atoms with van der Waals surface area (Å²) < 4.78 is 30.6. The third-order valence-electron chi connectivity index (χ3n) is 5.97. The average Bonchev–Trinajstić information content (AvgIpc) is 3.48. The fourth-order valence-corrected chi connectivity index (χ4v) is 4.54. The third kappa shape index (κ3) is 2.37. The van der Waals surface area contributed by atoms with E-state index in [9.17, 15) is 9.18 Å². The molecule has 1 fully saturated rings. The molecule has 0 bridgehead atoms. The van der Waals surface area contributed by atoms with Crippen LogP contribution >= 0.6 is 0 Å². The molecule has 28 heavy (non-hydrogen) atoms. The zero-order valence-electron chi connectivity index (χ0n) is 15.8. The number of para-hydroxylation sites is 1. The Labute approximate surface area is 163 Å². The molecule has 0 N–H and O–H groups in total. The first-order valence-corrected chi connectivity index (χ1v) is 9.71. The number of hydrogen-bond donors (Lipinski definition) is 0. The molecule has 5 nitrogen and oxygen atoms in total. The van der Waals surface area contributed by atoms with E-state index in [2.05, 4.69) is 0 Å². The molecule has 0 saturated carbocycles. The molecule has 2 aromatic carbocycles. The molecular weight excluding hydrogens is 361 g/mol. The molecule has 0 aromatic heterocycles. The number of hydrogen-bond acceptors (Lipinski definition) is 4. The van der Waals surface area contributed by atoms with Gasteiger partial charge in [0.2, 0.25) is 5.91 Å². The van der Waals surface area contributed by atoms with Crippen molar-refractivity contribution < 1.29 is 23.4 Å². The van der Waals surface area contributed by atoms with Crippen molar-refractivity contribution in [1.82, 2.24) is 0 Å². The minimum Gasteiger partial charge on any atom is -0.493 e. The molecular formula is C22H22FNO4. The van der Waals surface area contributed by atoms with Crippen LogP contribution in [0.5, 0.6) is 11.5 Å². The van der Waals surface area contributed by atoms with Gasteiger partial charge in [0, 0.05) is 43.9 Å². The van der Waals surface area contributed by atoms with Crippen molar-refractivity contribution >= 4 is 11.6 Å². The summed E-state index contributed by atoms with van der Waals surface area (Å²) in [6.45, 7) is 2.84. The van der Waals surface area contributed by atoms with E-state index in [1.54, 1.807) is 13.1 Å². The highest BCUT2D eigenvalue weighted by atomic mass is 19.1. The van der Waals surface area contributed by atoms with E-state index in [1.165, 1.54) is 23.8 Å². The van der Waals surface area contributed by atoms with Gasteiger partial charge in [-0.15, -0.1) is 0 Å². The first kappa shape index (κ1) is 17.5. The Morgan fingerprint density at radius 3 is 2.61 bits per heavy atom. The number of halogens is 1. The maximum atomic E-state index is 14.3. The fraction of sp³-hybridized carbons (Fsp3) is 0.409. The lowest BCUT2D eigenvalue weighted by atomic mass is 9.76. The molecule has 4 aliphatic rings. The maximum absolute atomic E-state index is 14.3. The summed E-state index contributed by atoms with van der Waals surface area (Å²) in [6.07, 6.45) is 3.37. The van der Waals surface area contributed by atoms with Gasteiger partial charge in [-0.2, -0.15) is 0 Å². The van der Waals surface area contributed by atoms with Crippen LogP contribution in [0.1, 0.15) is 29.5 Å². The van der Waals surface area contributed by atoms with Crippen molar-refractivity contribution in [2.24, 2.45) is 0 Å². The highest BCUT2D eigenvalue weighted by molar-refractivity contribution is 6.11. The third-order valence-corrected chi connectivity index (χ3v) is 5.97. The molecule has 1 unspecified atom stereocenters. The number of amides is 1. The van der Waals surface area contributed by atoms with Gasteiger partial charge in [0.25, 0.3) is 0 Å². The second-order valence-electron chi connectivity index (χ2n) is 7.57. The molecule has 6 rings (SSSR count). The van der Waals surface area contributed by atoms with E-state index in [4.69, 9.17) is 14.2 Å². The molecule has 4 heterocycles. The molecule has 1 amide bonds. The molecule has 2 aromatic rings. The van der Waals surface area contributed by atoms with Crippen LogP contribution in [0.15, 0.2) is 30.3 Å². The summed E-state index contributed by atoms with van der Waals surface area (Å²) in [5, 5.41) is 0. The smallest absolute Gasteiger partial charge is 0.245 e. The Balaban J connectivity index is 0.000000300. The van der Waals surface area contributed by atoms with Gasteiger partial charge in [-0.1, -0.05) is 12.1 Å². The van der Waals surface area contributed by atoms with Gasteiger partial charge < -0.3 is 19.1 Å². The summed E-state index contributed by atoms with van der Waals surface area (Å²) in [4.78, 5) is 14.5. The van der Waals surface area contributed by atoms with Crippen LogP contribution in [0, 0.1) is 5.82 Å². The lowest BCUT2D eigenvalue weighted by molar-refractivity contribution is -0.121. The maximum Gasteiger partial charge on any atom is 0.245 e. The standard InChI is InChI=1S/C18H14FNO3.C4H8O/c1-20-16-11(3-2-4-13(16)19)18(17(20)21)9-23-15-8-14-10(5-6-22-14)7-12(15)18;1-2-4-5-3-1/h2-4,7-8H,5-6,9H2,1H3;1-4H2. The quantitative estimate of drug-likeness (QED) is 0.701. The topological polar surface area (TPSA) is 48.0 Å².